The summed E-state index contributed by atoms with van der Waals surface area (Å²) in [7, 11) is 0. The van der Waals surface area contributed by atoms with E-state index in [1.807, 2.05) is 19.9 Å². The van der Waals surface area contributed by atoms with Crippen molar-refractivity contribution in [1.82, 2.24) is 29.8 Å². The van der Waals surface area contributed by atoms with Crippen molar-refractivity contribution in [1.29, 1.82) is 0 Å². The van der Waals surface area contributed by atoms with Crippen molar-refractivity contribution in [2.45, 2.75) is 70.8 Å². The van der Waals surface area contributed by atoms with Crippen molar-refractivity contribution in [2.24, 2.45) is 0 Å². The third-order valence-corrected chi connectivity index (χ3v) is 6.21. The van der Waals surface area contributed by atoms with Crippen molar-refractivity contribution in [3.63, 3.8) is 0 Å². The van der Waals surface area contributed by atoms with Gasteiger partial charge in [-0.2, -0.15) is 4.98 Å². The lowest BCUT2D eigenvalue weighted by Crippen LogP contribution is -2.58. The molecule has 0 spiro atoms. The first-order valence-corrected chi connectivity index (χ1v) is 10.3. The number of carbonyl (C=O) groups is 1. The van der Waals surface area contributed by atoms with Crippen LogP contribution in [0.1, 0.15) is 73.4 Å². The lowest BCUT2D eigenvalue weighted by Gasteiger charge is -2.48. The van der Waals surface area contributed by atoms with Gasteiger partial charge in [0.25, 0.3) is 11.7 Å². The number of aryl methyl sites for hydroxylation is 2. The minimum absolute atomic E-state index is 0.109. The van der Waals surface area contributed by atoms with Crippen LogP contribution in [0, 0.1) is 13.8 Å². The maximum Gasteiger partial charge on any atom is 0.291 e. The topological polar surface area (TPSA) is 75.4 Å². The first kappa shape index (κ1) is 18.3. The van der Waals surface area contributed by atoms with Gasteiger partial charge in [0.2, 0.25) is 5.82 Å². The SMILES string of the molecule is Cc1cc(C)n2nc(C(=O)NCC3(N4CCCCC4)CCCCC3)nc2n1. The molecule has 146 valence electrons. The zero-order chi connectivity index (χ0) is 18.9. The van der Waals surface area contributed by atoms with Gasteiger partial charge < -0.3 is 5.32 Å². The Bertz CT molecular complexity index is 817. The summed E-state index contributed by atoms with van der Waals surface area (Å²) in [5, 5.41) is 7.52. The van der Waals surface area contributed by atoms with Crippen molar-refractivity contribution >= 4 is 11.7 Å². The molecule has 2 fully saturated rings. The molecule has 2 aliphatic rings. The Balaban J connectivity index is 1.50. The summed E-state index contributed by atoms with van der Waals surface area (Å²) in [4.78, 5) is 24.1. The second-order valence-electron chi connectivity index (χ2n) is 8.20. The average molecular weight is 371 g/mol. The number of piperidine rings is 1. The Morgan fingerprint density at radius 1 is 1.07 bits per heavy atom. The zero-order valence-corrected chi connectivity index (χ0v) is 16.5. The number of nitrogens with one attached hydrogen (secondary N) is 1. The van der Waals surface area contributed by atoms with E-state index >= 15 is 0 Å². The second-order valence-corrected chi connectivity index (χ2v) is 8.20. The van der Waals surface area contributed by atoms with Crippen LogP contribution in [0.3, 0.4) is 0 Å². The number of likely N-dealkylation sites (tertiary alicyclic amines) is 1. The molecule has 4 rings (SSSR count). The highest BCUT2D eigenvalue weighted by molar-refractivity contribution is 5.90. The fourth-order valence-electron chi connectivity index (χ4n) is 4.77. The van der Waals surface area contributed by atoms with E-state index in [9.17, 15) is 4.79 Å². The summed E-state index contributed by atoms with van der Waals surface area (Å²) in [6, 6.07) is 1.94. The highest BCUT2D eigenvalue weighted by Crippen LogP contribution is 2.35. The Labute approximate surface area is 160 Å². The third-order valence-electron chi connectivity index (χ3n) is 6.21. The summed E-state index contributed by atoms with van der Waals surface area (Å²) in [6.45, 7) is 6.88. The summed E-state index contributed by atoms with van der Waals surface area (Å²) in [6.07, 6.45) is 10.0. The van der Waals surface area contributed by atoms with E-state index in [4.69, 9.17) is 0 Å². The quantitative estimate of drug-likeness (QED) is 0.895. The van der Waals surface area contributed by atoms with Crippen LogP contribution >= 0.6 is 0 Å². The molecule has 0 aromatic carbocycles. The van der Waals surface area contributed by atoms with Gasteiger partial charge >= 0.3 is 0 Å². The molecule has 7 nitrogen and oxygen atoms in total. The van der Waals surface area contributed by atoms with E-state index in [1.54, 1.807) is 4.52 Å². The Kier molecular flexibility index (Phi) is 5.12. The van der Waals surface area contributed by atoms with Crippen LogP contribution in [0.4, 0.5) is 0 Å². The van der Waals surface area contributed by atoms with E-state index in [0.717, 1.165) is 24.5 Å². The number of aromatic nitrogens is 4. The molecule has 1 amide bonds. The number of hydrogen-bond donors (Lipinski definition) is 1. The van der Waals surface area contributed by atoms with Crippen LogP contribution in [0.5, 0.6) is 0 Å². The molecule has 27 heavy (non-hydrogen) atoms. The highest BCUT2D eigenvalue weighted by atomic mass is 16.2. The Morgan fingerprint density at radius 3 is 2.52 bits per heavy atom. The van der Waals surface area contributed by atoms with E-state index < -0.39 is 0 Å². The van der Waals surface area contributed by atoms with Gasteiger partial charge in [0.1, 0.15) is 0 Å². The predicted molar refractivity (Wildman–Crippen MR) is 104 cm³/mol. The second kappa shape index (κ2) is 7.54. The molecular formula is C20H30N6O. The third kappa shape index (κ3) is 3.70. The van der Waals surface area contributed by atoms with Gasteiger partial charge in [0.15, 0.2) is 0 Å². The van der Waals surface area contributed by atoms with Crippen LogP contribution in [0.15, 0.2) is 6.07 Å². The fourth-order valence-corrected chi connectivity index (χ4v) is 4.77. The minimum Gasteiger partial charge on any atom is -0.347 e. The number of amides is 1. The smallest absolute Gasteiger partial charge is 0.291 e. The molecular weight excluding hydrogens is 340 g/mol. The first-order valence-electron chi connectivity index (χ1n) is 10.3. The molecule has 0 unspecified atom stereocenters. The summed E-state index contributed by atoms with van der Waals surface area (Å²) >= 11 is 0. The van der Waals surface area contributed by atoms with E-state index in [1.165, 1.54) is 51.4 Å². The van der Waals surface area contributed by atoms with Gasteiger partial charge in [-0.15, -0.1) is 5.10 Å². The fraction of sp³-hybridized carbons (Fsp3) is 0.700. The van der Waals surface area contributed by atoms with Crippen LogP contribution in [-0.4, -0.2) is 55.6 Å². The van der Waals surface area contributed by atoms with Gasteiger partial charge in [-0.05, 0) is 58.7 Å². The standard InChI is InChI=1S/C20H30N6O/c1-15-13-16(2)26-19(22-15)23-17(24-26)18(27)21-14-20(9-5-3-6-10-20)25-11-7-4-8-12-25/h13H,3-12,14H2,1-2H3,(H,21,27). The molecule has 1 saturated carbocycles. The lowest BCUT2D eigenvalue weighted by molar-refractivity contribution is 0.0325. The summed E-state index contributed by atoms with van der Waals surface area (Å²) in [5.41, 5.74) is 1.92. The molecule has 1 aliphatic heterocycles. The van der Waals surface area contributed by atoms with E-state index in [-0.39, 0.29) is 17.3 Å². The molecule has 2 aromatic heterocycles. The van der Waals surface area contributed by atoms with Crippen molar-refractivity contribution < 1.29 is 4.79 Å². The van der Waals surface area contributed by atoms with Crippen molar-refractivity contribution in [2.75, 3.05) is 19.6 Å². The number of carbonyl (C=O) groups excluding carboxylic acids is 1. The van der Waals surface area contributed by atoms with Gasteiger partial charge in [0.05, 0.1) is 0 Å². The number of rotatable bonds is 4. The molecule has 1 saturated heterocycles. The van der Waals surface area contributed by atoms with Gasteiger partial charge in [-0.3, -0.25) is 9.69 Å². The van der Waals surface area contributed by atoms with Gasteiger partial charge in [-0.25, -0.2) is 9.50 Å². The van der Waals surface area contributed by atoms with Crippen LogP contribution in [0.2, 0.25) is 0 Å². The minimum atomic E-state index is -0.195. The first-order chi connectivity index (χ1) is 13.1. The average Bonchev–Trinajstić information content (AvgIpc) is 3.12. The molecule has 7 heteroatoms. The largest absolute Gasteiger partial charge is 0.347 e. The van der Waals surface area contributed by atoms with Crippen molar-refractivity contribution in [3.05, 3.63) is 23.3 Å². The Morgan fingerprint density at radius 2 is 1.78 bits per heavy atom. The molecule has 0 radical (unpaired) electrons. The van der Waals surface area contributed by atoms with Gasteiger partial charge in [-0.1, -0.05) is 25.7 Å². The van der Waals surface area contributed by atoms with E-state index in [0.29, 0.717) is 12.3 Å². The highest BCUT2D eigenvalue weighted by Gasteiger charge is 2.38. The zero-order valence-electron chi connectivity index (χ0n) is 16.5. The van der Waals surface area contributed by atoms with Crippen LogP contribution in [-0.2, 0) is 0 Å². The summed E-state index contributed by atoms with van der Waals surface area (Å²) < 4.78 is 1.64. The van der Waals surface area contributed by atoms with Crippen LogP contribution in [0.25, 0.3) is 5.78 Å². The Hall–Kier alpha value is -2.02. The number of fused-ring (bicyclic) bond motifs is 1. The lowest BCUT2D eigenvalue weighted by atomic mass is 9.79. The van der Waals surface area contributed by atoms with Gasteiger partial charge in [0, 0.05) is 23.5 Å². The monoisotopic (exact) mass is 370 g/mol. The van der Waals surface area contributed by atoms with Crippen molar-refractivity contribution in [3.8, 4) is 0 Å². The maximum atomic E-state index is 12.8. The number of nitrogens with zero attached hydrogens (tertiary/aromatic N) is 5. The molecule has 0 bridgehead atoms. The number of hydrogen-bond acceptors (Lipinski definition) is 5. The molecule has 3 heterocycles. The molecule has 1 N–H and O–H groups in total. The molecule has 2 aromatic rings. The maximum absolute atomic E-state index is 12.8. The normalized spacial score (nSPS) is 20.7. The molecule has 0 atom stereocenters. The summed E-state index contributed by atoms with van der Waals surface area (Å²) in [5.74, 6) is 0.501. The van der Waals surface area contributed by atoms with Crippen LogP contribution < -0.4 is 5.32 Å². The predicted octanol–water partition coefficient (Wildman–Crippen LogP) is 2.66. The molecule has 1 aliphatic carbocycles. The van der Waals surface area contributed by atoms with E-state index in [2.05, 4.69) is 25.3 Å².